The predicted molar refractivity (Wildman–Crippen MR) is 124 cm³/mol. The minimum Gasteiger partial charge on any atom is -0.497 e. The molecule has 4 heterocycles. The minimum absolute atomic E-state index is 0.0126. The van der Waals surface area contributed by atoms with Crippen molar-refractivity contribution in [3.8, 4) is 5.75 Å². The van der Waals surface area contributed by atoms with E-state index in [0.29, 0.717) is 28.4 Å². The first kappa shape index (κ1) is 21.1. The van der Waals surface area contributed by atoms with Crippen LogP contribution >= 0.6 is 0 Å². The van der Waals surface area contributed by atoms with Crippen LogP contribution in [-0.4, -0.2) is 40.8 Å². The Kier molecular flexibility index (Phi) is 5.48. The van der Waals surface area contributed by atoms with Crippen LogP contribution in [0.1, 0.15) is 30.1 Å². The Morgan fingerprint density at radius 1 is 1.28 bits per heavy atom. The molecule has 1 N–H and O–H groups in total. The summed E-state index contributed by atoms with van der Waals surface area (Å²) in [5.74, 6) is 1.48. The number of ether oxygens (including phenoxy) is 1. The summed E-state index contributed by atoms with van der Waals surface area (Å²) < 4.78 is 20.8. The highest BCUT2D eigenvalue weighted by atomic mass is 19.1. The number of quaternary nitrogens is 1. The van der Waals surface area contributed by atoms with E-state index in [4.69, 9.17) is 4.74 Å². The van der Waals surface area contributed by atoms with Crippen LogP contribution in [-0.2, 0) is 6.54 Å². The molecule has 5 heteroatoms. The first-order valence-electron chi connectivity index (χ1n) is 11.4. The Labute approximate surface area is 188 Å². The molecule has 6 rings (SSSR count). The molecule has 3 aliphatic heterocycles. The third kappa shape index (κ3) is 3.50. The van der Waals surface area contributed by atoms with Crippen LogP contribution in [0.3, 0.4) is 0 Å². The second-order valence-electron chi connectivity index (χ2n) is 9.35. The van der Waals surface area contributed by atoms with Gasteiger partial charge in [0.1, 0.15) is 30.3 Å². The third-order valence-corrected chi connectivity index (χ3v) is 7.78. The van der Waals surface area contributed by atoms with Gasteiger partial charge in [-0.2, -0.15) is 0 Å². The number of hydrogen-bond donors (Lipinski definition) is 1. The number of aliphatic hydroxyl groups excluding tert-OH is 1. The fraction of sp³-hybridized carbons (Fsp3) is 0.370. The smallest absolute Gasteiger partial charge is 0.132 e. The van der Waals surface area contributed by atoms with E-state index >= 15 is 0 Å². The van der Waals surface area contributed by atoms with Crippen molar-refractivity contribution in [2.24, 2.45) is 11.8 Å². The second kappa shape index (κ2) is 8.30. The second-order valence-corrected chi connectivity index (χ2v) is 9.35. The summed E-state index contributed by atoms with van der Waals surface area (Å²) in [6, 6.07) is 14.7. The molecule has 1 aromatic heterocycles. The van der Waals surface area contributed by atoms with Gasteiger partial charge in [0.15, 0.2) is 0 Å². The van der Waals surface area contributed by atoms with E-state index in [1.54, 1.807) is 19.4 Å². The number of aromatic nitrogens is 1. The van der Waals surface area contributed by atoms with E-state index in [-0.39, 0.29) is 11.9 Å². The van der Waals surface area contributed by atoms with Gasteiger partial charge in [-0.3, -0.25) is 4.98 Å². The van der Waals surface area contributed by atoms with Gasteiger partial charge in [0.25, 0.3) is 0 Å². The molecule has 3 fully saturated rings. The monoisotopic (exact) mass is 433 g/mol. The van der Waals surface area contributed by atoms with Crippen LogP contribution in [0.15, 0.2) is 67.4 Å². The van der Waals surface area contributed by atoms with Crippen molar-refractivity contribution in [3.63, 3.8) is 0 Å². The van der Waals surface area contributed by atoms with Gasteiger partial charge in [-0.15, -0.1) is 6.58 Å². The van der Waals surface area contributed by atoms with Crippen molar-refractivity contribution in [1.29, 1.82) is 0 Å². The Hall–Kier alpha value is -2.76. The van der Waals surface area contributed by atoms with Gasteiger partial charge >= 0.3 is 0 Å². The van der Waals surface area contributed by atoms with Crippen LogP contribution in [0.25, 0.3) is 10.9 Å². The van der Waals surface area contributed by atoms with Crippen molar-refractivity contribution in [1.82, 2.24) is 4.98 Å². The molecule has 3 saturated heterocycles. The number of pyridine rings is 1. The summed E-state index contributed by atoms with van der Waals surface area (Å²) in [5, 5.41) is 12.7. The van der Waals surface area contributed by atoms with Crippen LogP contribution in [0.4, 0.5) is 4.39 Å². The number of aliphatic hydroxyl groups is 1. The van der Waals surface area contributed by atoms with Crippen LogP contribution < -0.4 is 4.74 Å². The number of nitrogens with zero attached hydrogens (tertiary/aromatic N) is 2. The standard InChI is InChI=1S/C27H30FN2O2/c1-3-18-16-30(17-20-6-4-5-7-24(20)28)13-11-19(18)14-26(30)27(31)22-10-12-29-25-9-8-21(32-2)15-23(22)25/h3-10,12,15,18-19,26-27,31H,1,11,13-14,16-17H2,2H3/q+1. The largest absolute Gasteiger partial charge is 0.497 e. The van der Waals surface area contributed by atoms with E-state index < -0.39 is 6.10 Å². The Morgan fingerprint density at radius 2 is 2.12 bits per heavy atom. The predicted octanol–water partition coefficient (Wildman–Crippen LogP) is 5.03. The minimum atomic E-state index is -0.673. The lowest BCUT2D eigenvalue weighted by Crippen LogP contribution is -2.67. The molecule has 0 radical (unpaired) electrons. The molecule has 2 bridgehead atoms. The number of methoxy groups -OCH3 is 1. The average Bonchev–Trinajstić information content (AvgIpc) is 2.84. The summed E-state index contributed by atoms with van der Waals surface area (Å²) >= 11 is 0. The molecule has 2 aromatic carbocycles. The number of hydrogen-bond acceptors (Lipinski definition) is 3. The SMILES string of the molecule is C=CC1C[N+]2(Cc3ccccc3F)CCC1CC2C(O)c1ccnc2ccc(OC)cc12. The molecule has 32 heavy (non-hydrogen) atoms. The van der Waals surface area contributed by atoms with Crippen molar-refractivity contribution < 1.29 is 18.7 Å². The normalized spacial score (nSPS) is 27.9. The number of rotatable bonds is 6. The maximum Gasteiger partial charge on any atom is 0.132 e. The van der Waals surface area contributed by atoms with E-state index in [2.05, 4.69) is 17.6 Å². The molecule has 0 spiro atoms. The van der Waals surface area contributed by atoms with Gasteiger partial charge < -0.3 is 14.3 Å². The van der Waals surface area contributed by atoms with Crippen molar-refractivity contribution in [2.45, 2.75) is 31.5 Å². The highest BCUT2D eigenvalue weighted by Gasteiger charge is 2.54. The highest BCUT2D eigenvalue weighted by molar-refractivity contribution is 5.83. The van der Waals surface area contributed by atoms with Crippen molar-refractivity contribution in [2.75, 3.05) is 20.2 Å². The van der Waals surface area contributed by atoms with Crippen molar-refractivity contribution >= 4 is 10.9 Å². The quantitative estimate of drug-likeness (QED) is 0.438. The zero-order valence-corrected chi connectivity index (χ0v) is 18.5. The highest BCUT2D eigenvalue weighted by Crippen LogP contribution is 2.48. The van der Waals surface area contributed by atoms with E-state index in [0.717, 1.165) is 48.1 Å². The first-order chi connectivity index (χ1) is 15.5. The molecule has 3 aliphatic rings. The fourth-order valence-corrected chi connectivity index (χ4v) is 6.09. The molecular weight excluding hydrogens is 403 g/mol. The molecule has 3 aromatic rings. The van der Waals surface area contributed by atoms with E-state index in [1.807, 2.05) is 36.4 Å². The Bertz CT molecular complexity index is 1150. The maximum absolute atomic E-state index is 14.7. The number of fused-ring (bicyclic) bond motifs is 4. The van der Waals surface area contributed by atoms with Crippen LogP contribution in [0, 0.1) is 17.7 Å². The summed E-state index contributed by atoms with van der Waals surface area (Å²) in [6.07, 6.45) is 5.14. The van der Waals surface area contributed by atoms with Gasteiger partial charge in [-0.1, -0.05) is 24.3 Å². The molecular formula is C27H30FN2O2+. The zero-order valence-electron chi connectivity index (χ0n) is 18.5. The zero-order chi connectivity index (χ0) is 22.3. The number of piperidine rings is 3. The topological polar surface area (TPSA) is 42.4 Å². The van der Waals surface area contributed by atoms with Gasteiger partial charge in [0, 0.05) is 35.9 Å². The lowest BCUT2D eigenvalue weighted by atomic mass is 9.71. The van der Waals surface area contributed by atoms with E-state index in [9.17, 15) is 9.50 Å². The third-order valence-electron chi connectivity index (χ3n) is 7.78. The fourth-order valence-electron chi connectivity index (χ4n) is 6.09. The van der Waals surface area contributed by atoms with Gasteiger partial charge in [0.2, 0.25) is 0 Å². The lowest BCUT2D eigenvalue weighted by molar-refractivity contribution is -0.985. The van der Waals surface area contributed by atoms with Crippen molar-refractivity contribution in [3.05, 3.63) is 84.3 Å². The number of benzene rings is 2. The Morgan fingerprint density at radius 3 is 2.91 bits per heavy atom. The first-order valence-corrected chi connectivity index (χ1v) is 11.4. The lowest BCUT2D eigenvalue weighted by Gasteiger charge is -2.58. The van der Waals surface area contributed by atoms with Crippen LogP contribution in [0.2, 0.25) is 0 Å². The summed E-state index contributed by atoms with van der Waals surface area (Å²) in [7, 11) is 1.64. The molecule has 4 nitrogen and oxygen atoms in total. The van der Waals surface area contributed by atoms with Gasteiger partial charge in [-0.05, 0) is 41.8 Å². The summed E-state index contributed by atoms with van der Waals surface area (Å²) in [6.45, 7) is 6.49. The summed E-state index contributed by atoms with van der Waals surface area (Å²) in [4.78, 5) is 4.48. The number of halogens is 1. The maximum atomic E-state index is 14.7. The molecule has 0 saturated carbocycles. The molecule has 0 aliphatic carbocycles. The van der Waals surface area contributed by atoms with Gasteiger partial charge in [-0.25, -0.2) is 4.39 Å². The average molecular weight is 434 g/mol. The summed E-state index contributed by atoms with van der Waals surface area (Å²) in [5.41, 5.74) is 2.42. The Balaban J connectivity index is 1.57. The molecule has 166 valence electrons. The van der Waals surface area contributed by atoms with E-state index in [1.165, 1.54) is 6.07 Å². The molecule has 0 amide bonds. The molecule has 5 unspecified atom stereocenters. The van der Waals surface area contributed by atoms with Crippen LogP contribution in [0.5, 0.6) is 5.75 Å². The van der Waals surface area contributed by atoms with Gasteiger partial charge in [0.05, 0.1) is 25.7 Å². The molecule has 5 atom stereocenters.